The van der Waals surface area contributed by atoms with E-state index in [4.69, 9.17) is 0 Å². The number of benzene rings is 2. The van der Waals surface area contributed by atoms with Crippen LogP contribution in [0, 0.1) is 0 Å². The summed E-state index contributed by atoms with van der Waals surface area (Å²) in [6.45, 7) is 1.15. The van der Waals surface area contributed by atoms with E-state index in [9.17, 15) is 9.90 Å². The van der Waals surface area contributed by atoms with E-state index in [0.29, 0.717) is 12.1 Å². The Kier molecular flexibility index (Phi) is 4.02. The van der Waals surface area contributed by atoms with Crippen LogP contribution < -0.4 is 0 Å². The maximum atomic E-state index is 12.8. The van der Waals surface area contributed by atoms with E-state index in [2.05, 4.69) is 0 Å². The highest BCUT2D eigenvalue weighted by Crippen LogP contribution is 2.25. The van der Waals surface area contributed by atoms with Crippen molar-refractivity contribution in [2.24, 2.45) is 0 Å². The smallest absolute Gasteiger partial charge is 0.254 e. The van der Waals surface area contributed by atoms with Gasteiger partial charge in [0, 0.05) is 18.7 Å². The molecule has 1 aliphatic heterocycles. The zero-order chi connectivity index (χ0) is 14.7. The van der Waals surface area contributed by atoms with Gasteiger partial charge in [-0.05, 0) is 30.0 Å². The Morgan fingerprint density at radius 2 is 1.76 bits per heavy atom. The van der Waals surface area contributed by atoms with Gasteiger partial charge in [-0.2, -0.15) is 0 Å². The first-order chi connectivity index (χ1) is 10.3. The molecule has 0 radical (unpaired) electrons. The molecule has 0 saturated carbocycles. The molecule has 0 bridgehead atoms. The molecule has 3 nitrogen and oxygen atoms in total. The van der Waals surface area contributed by atoms with Gasteiger partial charge in [0.25, 0.3) is 5.91 Å². The Hall–Kier alpha value is -2.13. The summed E-state index contributed by atoms with van der Waals surface area (Å²) >= 11 is 0. The summed E-state index contributed by atoms with van der Waals surface area (Å²) in [6.07, 6.45) is 1.25. The van der Waals surface area contributed by atoms with Gasteiger partial charge in [-0.15, -0.1) is 0 Å². The van der Waals surface area contributed by atoms with Crippen LogP contribution in [0.5, 0.6) is 0 Å². The van der Waals surface area contributed by atoms with Gasteiger partial charge in [0.1, 0.15) is 0 Å². The zero-order valence-corrected chi connectivity index (χ0v) is 11.9. The lowest BCUT2D eigenvalue weighted by molar-refractivity contribution is 0.0474. The fraction of sp³-hybridized carbons (Fsp3) is 0.278. The largest absolute Gasteiger partial charge is 0.391 e. The summed E-state index contributed by atoms with van der Waals surface area (Å²) in [5, 5.41) is 9.77. The number of carbonyl (C=O) groups excluding carboxylic acids is 1. The van der Waals surface area contributed by atoms with Crippen LogP contribution in [0.1, 0.15) is 23.2 Å². The summed E-state index contributed by atoms with van der Waals surface area (Å²) in [6, 6.07) is 17.6. The van der Waals surface area contributed by atoms with E-state index in [-0.39, 0.29) is 5.91 Å². The average Bonchev–Trinajstić information content (AvgIpc) is 2.55. The maximum Gasteiger partial charge on any atom is 0.254 e. The molecule has 1 atom stereocenters. The fourth-order valence-electron chi connectivity index (χ4n) is 2.85. The second-order valence-corrected chi connectivity index (χ2v) is 5.46. The highest BCUT2D eigenvalue weighted by molar-refractivity contribution is 6.00. The summed E-state index contributed by atoms with van der Waals surface area (Å²) in [7, 11) is 0. The number of β-amino-alcohol motifs (C(OH)–C–C–N with tert-alkyl or cyclic N) is 1. The van der Waals surface area contributed by atoms with Crippen molar-refractivity contribution in [2.75, 3.05) is 13.1 Å². The Bertz CT molecular complexity index is 624. The van der Waals surface area contributed by atoms with E-state index in [1.807, 2.05) is 54.6 Å². The molecule has 1 heterocycles. The molecule has 0 aliphatic carbocycles. The van der Waals surface area contributed by atoms with E-state index in [1.54, 1.807) is 4.90 Å². The minimum absolute atomic E-state index is 0.00760. The van der Waals surface area contributed by atoms with Gasteiger partial charge in [0.15, 0.2) is 0 Å². The SMILES string of the molecule is O=C(c1ccccc1-c1ccccc1)N1CCCC(O)C1. The normalized spacial score (nSPS) is 18.5. The number of hydrogen-bond acceptors (Lipinski definition) is 2. The first kappa shape index (κ1) is 13.8. The van der Waals surface area contributed by atoms with Crippen molar-refractivity contribution in [1.82, 2.24) is 4.90 Å². The lowest BCUT2D eigenvalue weighted by Gasteiger charge is -2.30. The van der Waals surface area contributed by atoms with Gasteiger partial charge in [0.2, 0.25) is 0 Å². The van der Waals surface area contributed by atoms with Crippen molar-refractivity contribution in [3.8, 4) is 11.1 Å². The van der Waals surface area contributed by atoms with Gasteiger partial charge in [-0.3, -0.25) is 4.79 Å². The van der Waals surface area contributed by atoms with Crippen molar-refractivity contribution in [2.45, 2.75) is 18.9 Å². The number of piperidine rings is 1. The molecule has 2 aromatic rings. The van der Waals surface area contributed by atoms with Gasteiger partial charge < -0.3 is 10.0 Å². The molecule has 108 valence electrons. The third-order valence-corrected chi connectivity index (χ3v) is 3.93. The number of rotatable bonds is 2. The number of aliphatic hydroxyl groups is 1. The van der Waals surface area contributed by atoms with E-state index >= 15 is 0 Å². The van der Waals surface area contributed by atoms with E-state index < -0.39 is 6.10 Å². The summed E-state index contributed by atoms with van der Waals surface area (Å²) in [4.78, 5) is 14.5. The Morgan fingerprint density at radius 3 is 2.52 bits per heavy atom. The summed E-state index contributed by atoms with van der Waals surface area (Å²) in [5.74, 6) is 0.00760. The highest BCUT2D eigenvalue weighted by atomic mass is 16.3. The van der Waals surface area contributed by atoms with Crippen LogP contribution in [0.4, 0.5) is 0 Å². The number of likely N-dealkylation sites (tertiary alicyclic amines) is 1. The highest BCUT2D eigenvalue weighted by Gasteiger charge is 2.24. The van der Waals surface area contributed by atoms with Gasteiger partial charge >= 0.3 is 0 Å². The predicted octanol–water partition coefficient (Wildman–Crippen LogP) is 2.95. The third-order valence-electron chi connectivity index (χ3n) is 3.93. The minimum Gasteiger partial charge on any atom is -0.391 e. The third kappa shape index (κ3) is 2.98. The molecule has 21 heavy (non-hydrogen) atoms. The van der Waals surface area contributed by atoms with Crippen molar-refractivity contribution in [3.63, 3.8) is 0 Å². The molecule has 1 unspecified atom stereocenters. The molecule has 1 aliphatic rings. The second kappa shape index (κ2) is 6.10. The number of nitrogens with zero attached hydrogens (tertiary/aromatic N) is 1. The number of hydrogen-bond donors (Lipinski definition) is 1. The Labute approximate surface area is 124 Å². The summed E-state index contributed by atoms with van der Waals surface area (Å²) in [5.41, 5.74) is 2.69. The molecule has 2 aromatic carbocycles. The van der Waals surface area contributed by atoms with Crippen LogP contribution in [0.25, 0.3) is 11.1 Å². The lowest BCUT2D eigenvalue weighted by Crippen LogP contribution is -2.42. The van der Waals surface area contributed by atoms with Crippen LogP contribution in [0.3, 0.4) is 0 Å². The van der Waals surface area contributed by atoms with Crippen molar-refractivity contribution >= 4 is 5.91 Å². The average molecular weight is 281 g/mol. The molecular weight excluding hydrogens is 262 g/mol. The molecule has 1 saturated heterocycles. The van der Waals surface area contributed by atoms with E-state index in [0.717, 1.165) is 30.5 Å². The monoisotopic (exact) mass is 281 g/mol. The molecule has 1 fully saturated rings. The number of aliphatic hydroxyl groups excluding tert-OH is 1. The van der Waals surface area contributed by atoms with Gasteiger partial charge in [-0.1, -0.05) is 48.5 Å². The quantitative estimate of drug-likeness (QED) is 0.919. The number of amides is 1. The molecular formula is C18H19NO2. The van der Waals surface area contributed by atoms with Crippen molar-refractivity contribution in [3.05, 3.63) is 60.2 Å². The van der Waals surface area contributed by atoms with Crippen molar-refractivity contribution in [1.29, 1.82) is 0 Å². The molecule has 3 rings (SSSR count). The Morgan fingerprint density at radius 1 is 1.05 bits per heavy atom. The van der Waals surface area contributed by atoms with E-state index in [1.165, 1.54) is 0 Å². The standard InChI is InChI=1S/C18H19NO2/c20-15-9-6-12-19(13-15)18(21)17-11-5-4-10-16(17)14-7-2-1-3-8-14/h1-5,7-8,10-11,15,20H,6,9,12-13H2. The van der Waals surface area contributed by atoms with Gasteiger partial charge in [-0.25, -0.2) is 0 Å². The van der Waals surface area contributed by atoms with Crippen LogP contribution in [-0.2, 0) is 0 Å². The van der Waals surface area contributed by atoms with Crippen LogP contribution in [0.2, 0.25) is 0 Å². The predicted molar refractivity (Wildman–Crippen MR) is 83.0 cm³/mol. The van der Waals surface area contributed by atoms with Crippen LogP contribution in [0.15, 0.2) is 54.6 Å². The first-order valence-electron chi connectivity index (χ1n) is 7.37. The first-order valence-corrected chi connectivity index (χ1v) is 7.37. The molecule has 3 heteroatoms. The number of carbonyl (C=O) groups is 1. The van der Waals surface area contributed by atoms with Crippen LogP contribution >= 0.6 is 0 Å². The molecule has 0 spiro atoms. The minimum atomic E-state index is -0.397. The molecule has 1 amide bonds. The van der Waals surface area contributed by atoms with Crippen molar-refractivity contribution < 1.29 is 9.90 Å². The fourth-order valence-corrected chi connectivity index (χ4v) is 2.85. The summed E-state index contributed by atoms with van der Waals surface area (Å²) < 4.78 is 0. The van der Waals surface area contributed by atoms with Gasteiger partial charge in [0.05, 0.1) is 6.10 Å². The molecule has 0 aromatic heterocycles. The second-order valence-electron chi connectivity index (χ2n) is 5.46. The molecule has 1 N–H and O–H groups in total. The maximum absolute atomic E-state index is 12.8. The lowest BCUT2D eigenvalue weighted by atomic mass is 9.98. The zero-order valence-electron chi connectivity index (χ0n) is 11.9. The Balaban J connectivity index is 1.94. The topological polar surface area (TPSA) is 40.5 Å². The van der Waals surface area contributed by atoms with Crippen LogP contribution in [-0.4, -0.2) is 35.1 Å².